The first-order valence-corrected chi connectivity index (χ1v) is 16.7. The van der Waals surface area contributed by atoms with E-state index in [1.54, 1.807) is 30.3 Å². The van der Waals surface area contributed by atoms with E-state index in [1.807, 2.05) is 12.1 Å². The van der Waals surface area contributed by atoms with Crippen molar-refractivity contribution in [2.24, 2.45) is 0 Å². The number of sulfone groups is 1. The minimum atomic E-state index is -4.06. The number of hydrazine groups is 1. The second-order valence-corrected chi connectivity index (χ2v) is 13.5. The van der Waals surface area contributed by atoms with Gasteiger partial charge in [-0.1, -0.05) is 66.2 Å². The van der Waals surface area contributed by atoms with Gasteiger partial charge in [0.2, 0.25) is 9.84 Å². The SMILES string of the molecule is O=C(NCCN1CCN(Cc2ccccc2)CC1)c1ccc2c(c1)N(NCc1cccc(Cl)c1)C(=O)c1ccccc1S2(=O)=O. The van der Waals surface area contributed by atoms with Crippen molar-refractivity contribution in [2.75, 3.05) is 44.3 Å². The van der Waals surface area contributed by atoms with Crippen molar-refractivity contribution in [2.45, 2.75) is 22.9 Å². The summed E-state index contributed by atoms with van der Waals surface area (Å²) in [5, 5.41) is 4.72. The third-order valence-electron chi connectivity index (χ3n) is 8.12. The van der Waals surface area contributed by atoms with Gasteiger partial charge in [-0.2, -0.15) is 0 Å². The molecule has 4 aromatic rings. The fourth-order valence-electron chi connectivity index (χ4n) is 5.70. The number of carbonyl (C=O) groups is 2. The zero-order valence-corrected chi connectivity index (χ0v) is 26.2. The standard InChI is InChI=1S/C34H34ClN5O4S/c35-28-10-6-9-26(21-28)23-37-40-30-22-27(13-14-32(30)45(43,44)31-12-5-4-11-29(31)34(40)42)33(41)36-15-16-38-17-19-39(20-18-38)24-25-7-2-1-3-8-25/h1-14,21-22,37H,15-20,23-24H2,(H,36,41). The maximum Gasteiger partial charge on any atom is 0.274 e. The van der Waals surface area contributed by atoms with Crippen LogP contribution in [0.5, 0.6) is 0 Å². The third-order valence-corrected chi connectivity index (χ3v) is 10.2. The number of benzene rings is 4. The number of nitrogens with one attached hydrogen (secondary N) is 2. The van der Waals surface area contributed by atoms with Crippen LogP contribution in [0.2, 0.25) is 5.02 Å². The number of carbonyl (C=O) groups excluding carboxylic acids is 2. The maximum absolute atomic E-state index is 13.8. The first-order chi connectivity index (χ1) is 21.8. The van der Waals surface area contributed by atoms with Gasteiger partial charge < -0.3 is 5.32 Å². The molecule has 9 nitrogen and oxygen atoms in total. The topological polar surface area (TPSA) is 102 Å². The van der Waals surface area contributed by atoms with Crippen molar-refractivity contribution in [3.63, 3.8) is 0 Å². The van der Waals surface area contributed by atoms with Gasteiger partial charge in [-0.15, -0.1) is 0 Å². The minimum Gasteiger partial charge on any atom is -0.351 e. The molecule has 0 radical (unpaired) electrons. The summed E-state index contributed by atoms with van der Waals surface area (Å²) in [6, 6.07) is 28.0. The monoisotopic (exact) mass is 643 g/mol. The first-order valence-electron chi connectivity index (χ1n) is 14.9. The summed E-state index contributed by atoms with van der Waals surface area (Å²) in [4.78, 5) is 31.7. The van der Waals surface area contributed by atoms with Crippen molar-refractivity contribution >= 4 is 38.9 Å². The van der Waals surface area contributed by atoms with Gasteiger partial charge >= 0.3 is 0 Å². The Balaban J connectivity index is 1.15. The molecule has 0 bridgehead atoms. The molecule has 2 amide bonds. The van der Waals surface area contributed by atoms with Crippen LogP contribution >= 0.6 is 11.6 Å². The van der Waals surface area contributed by atoms with Gasteiger partial charge in [0.05, 0.1) is 21.0 Å². The second-order valence-electron chi connectivity index (χ2n) is 11.1. The summed E-state index contributed by atoms with van der Waals surface area (Å²) < 4.78 is 27.5. The van der Waals surface area contributed by atoms with Crippen molar-refractivity contribution in [3.05, 3.63) is 124 Å². The van der Waals surface area contributed by atoms with E-state index in [1.165, 1.54) is 40.9 Å². The van der Waals surface area contributed by atoms with E-state index < -0.39 is 15.7 Å². The molecule has 11 heteroatoms. The molecule has 1 saturated heterocycles. The minimum absolute atomic E-state index is 0.0437. The number of halogens is 1. The Morgan fingerprint density at radius 1 is 0.778 bits per heavy atom. The molecule has 0 aliphatic carbocycles. The van der Waals surface area contributed by atoms with Gasteiger partial charge in [0.1, 0.15) is 0 Å². The average molecular weight is 644 g/mol. The quantitative estimate of drug-likeness (QED) is 0.279. The van der Waals surface area contributed by atoms with Gasteiger partial charge in [0, 0.05) is 62.9 Å². The lowest BCUT2D eigenvalue weighted by Gasteiger charge is -2.34. The van der Waals surface area contributed by atoms with E-state index in [2.05, 4.69) is 44.8 Å². The molecule has 1 fully saturated rings. The van der Waals surface area contributed by atoms with Crippen LogP contribution in [-0.2, 0) is 22.9 Å². The van der Waals surface area contributed by atoms with Crippen LogP contribution in [0, 0.1) is 0 Å². The molecule has 232 valence electrons. The normalized spacial score (nSPS) is 16.5. The first kappa shape index (κ1) is 30.9. The van der Waals surface area contributed by atoms with E-state index in [-0.39, 0.29) is 39.1 Å². The lowest BCUT2D eigenvalue weighted by molar-refractivity contribution is 0.0931. The summed E-state index contributed by atoms with van der Waals surface area (Å²) in [5.74, 6) is -0.888. The number of hydrogen-bond donors (Lipinski definition) is 2. The molecule has 0 saturated carbocycles. The molecule has 2 heterocycles. The van der Waals surface area contributed by atoms with Crippen LogP contribution in [0.15, 0.2) is 107 Å². The maximum atomic E-state index is 13.8. The van der Waals surface area contributed by atoms with Gasteiger partial charge in [-0.3, -0.25) is 19.4 Å². The number of amides is 2. The van der Waals surface area contributed by atoms with E-state index in [9.17, 15) is 18.0 Å². The molecule has 0 atom stereocenters. The summed E-state index contributed by atoms with van der Waals surface area (Å²) in [7, 11) is -4.06. The number of piperazine rings is 1. The Bertz CT molecular complexity index is 1810. The van der Waals surface area contributed by atoms with Crippen LogP contribution < -0.4 is 15.8 Å². The smallest absolute Gasteiger partial charge is 0.274 e. The molecular formula is C34H34ClN5O4S. The van der Waals surface area contributed by atoms with E-state index in [4.69, 9.17) is 11.6 Å². The summed E-state index contributed by atoms with van der Waals surface area (Å²) in [6.45, 7) is 6.00. The molecule has 4 aromatic carbocycles. The fourth-order valence-corrected chi connectivity index (χ4v) is 7.53. The lowest BCUT2D eigenvalue weighted by atomic mass is 10.1. The van der Waals surface area contributed by atoms with Crippen molar-refractivity contribution in [1.82, 2.24) is 20.5 Å². The molecule has 2 aliphatic rings. The lowest BCUT2D eigenvalue weighted by Crippen LogP contribution is -2.48. The molecule has 0 unspecified atom stereocenters. The molecule has 0 aromatic heterocycles. The predicted octanol–water partition coefficient (Wildman–Crippen LogP) is 4.39. The van der Waals surface area contributed by atoms with Gasteiger partial charge in [0.15, 0.2) is 0 Å². The molecule has 2 aliphatic heterocycles. The highest BCUT2D eigenvalue weighted by atomic mass is 35.5. The van der Waals surface area contributed by atoms with Gasteiger partial charge in [-0.25, -0.2) is 18.9 Å². The number of rotatable bonds is 9. The van der Waals surface area contributed by atoms with Crippen LogP contribution in [0.4, 0.5) is 5.69 Å². The number of fused-ring (bicyclic) bond motifs is 2. The highest BCUT2D eigenvalue weighted by molar-refractivity contribution is 7.91. The van der Waals surface area contributed by atoms with Gasteiger partial charge in [-0.05, 0) is 53.6 Å². The van der Waals surface area contributed by atoms with Crippen molar-refractivity contribution in [3.8, 4) is 0 Å². The molecule has 2 N–H and O–H groups in total. The van der Waals surface area contributed by atoms with E-state index >= 15 is 0 Å². The highest BCUT2D eigenvalue weighted by Gasteiger charge is 2.36. The summed E-state index contributed by atoms with van der Waals surface area (Å²) in [6.07, 6.45) is 0. The van der Waals surface area contributed by atoms with E-state index in [0.717, 1.165) is 38.3 Å². The zero-order valence-electron chi connectivity index (χ0n) is 24.7. The van der Waals surface area contributed by atoms with Crippen LogP contribution in [0.1, 0.15) is 31.8 Å². The Morgan fingerprint density at radius 3 is 2.27 bits per heavy atom. The predicted molar refractivity (Wildman–Crippen MR) is 174 cm³/mol. The van der Waals surface area contributed by atoms with Crippen LogP contribution in [0.3, 0.4) is 0 Å². The third kappa shape index (κ3) is 6.95. The van der Waals surface area contributed by atoms with Crippen molar-refractivity contribution in [1.29, 1.82) is 0 Å². The van der Waals surface area contributed by atoms with Gasteiger partial charge in [0.25, 0.3) is 11.8 Å². The highest BCUT2D eigenvalue weighted by Crippen LogP contribution is 2.36. The Morgan fingerprint density at radius 2 is 1.49 bits per heavy atom. The Labute approximate surface area is 268 Å². The van der Waals surface area contributed by atoms with E-state index in [0.29, 0.717) is 18.1 Å². The fraction of sp³-hybridized carbons (Fsp3) is 0.235. The van der Waals surface area contributed by atoms with Crippen LogP contribution in [0.25, 0.3) is 0 Å². The number of nitrogens with zero attached hydrogens (tertiary/aromatic N) is 3. The Kier molecular flexibility index (Phi) is 9.29. The number of hydrogen-bond acceptors (Lipinski definition) is 7. The van der Waals surface area contributed by atoms with Crippen LogP contribution in [-0.4, -0.2) is 69.3 Å². The second kappa shape index (κ2) is 13.5. The average Bonchev–Trinajstić information content (AvgIpc) is 3.12. The number of anilines is 1. The summed E-state index contributed by atoms with van der Waals surface area (Å²) in [5.41, 5.74) is 5.56. The molecule has 0 spiro atoms. The zero-order chi connectivity index (χ0) is 31.4. The summed E-state index contributed by atoms with van der Waals surface area (Å²) >= 11 is 6.15. The molecule has 6 rings (SSSR count). The molecule has 45 heavy (non-hydrogen) atoms. The molecular weight excluding hydrogens is 610 g/mol. The Hall–Kier alpha value is -4.06. The van der Waals surface area contributed by atoms with Crippen molar-refractivity contribution < 1.29 is 18.0 Å². The largest absolute Gasteiger partial charge is 0.351 e.